The average molecular weight is 195 g/mol. The number of aliphatic imine (C=N–C) groups is 1. The molecule has 0 aliphatic carbocycles. The Bertz CT molecular complexity index is 288. The highest BCUT2D eigenvalue weighted by molar-refractivity contribution is 5.91. The van der Waals surface area contributed by atoms with Crippen LogP contribution in [0.15, 0.2) is 28.4 Å². The highest BCUT2D eigenvalue weighted by Gasteiger charge is 2.07. The second-order valence-electron chi connectivity index (χ2n) is 3.06. The van der Waals surface area contributed by atoms with E-state index in [1.165, 1.54) is 6.21 Å². The summed E-state index contributed by atoms with van der Waals surface area (Å²) < 4.78 is 0. The van der Waals surface area contributed by atoms with Crippen molar-refractivity contribution in [1.29, 1.82) is 0 Å². The summed E-state index contributed by atoms with van der Waals surface area (Å²) in [6.45, 7) is 9.35. The zero-order chi connectivity index (χ0) is 11.1. The van der Waals surface area contributed by atoms with Gasteiger partial charge in [-0.15, -0.1) is 0 Å². The molecule has 0 saturated carbocycles. The van der Waals surface area contributed by atoms with E-state index < -0.39 is 5.97 Å². The maximum atomic E-state index is 10.8. The Morgan fingerprint density at radius 1 is 1.43 bits per heavy atom. The van der Waals surface area contributed by atoms with Crippen LogP contribution in [0.2, 0.25) is 0 Å². The topological polar surface area (TPSA) is 49.7 Å². The number of aliphatic carboxylic acids is 1. The van der Waals surface area contributed by atoms with Gasteiger partial charge in [-0.05, 0) is 30.9 Å². The molecule has 0 aliphatic rings. The van der Waals surface area contributed by atoms with Crippen LogP contribution in [0.1, 0.15) is 33.6 Å². The normalized spacial score (nSPS) is 12.8. The molecule has 0 bridgehead atoms. The van der Waals surface area contributed by atoms with Crippen molar-refractivity contribution in [3.8, 4) is 0 Å². The molecule has 0 aromatic heterocycles. The Morgan fingerprint density at radius 3 is 2.36 bits per heavy atom. The van der Waals surface area contributed by atoms with Crippen molar-refractivity contribution in [2.45, 2.75) is 33.6 Å². The molecule has 0 saturated heterocycles. The molecule has 0 aliphatic heterocycles. The van der Waals surface area contributed by atoms with Gasteiger partial charge in [-0.3, -0.25) is 0 Å². The van der Waals surface area contributed by atoms with Crippen LogP contribution in [0, 0.1) is 0 Å². The predicted molar refractivity (Wildman–Crippen MR) is 58.5 cm³/mol. The summed E-state index contributed by atoms with van der Waals surface area (Å²) in [5, 5.41) is 8.86. The molecule has 1 N–H and O–H groups in total. The van der Waals surface area contributed by atoms with Crippen LogP contribution in [0.4, 0.5) is 0 Å². The standard InChI is InChI=1S/C11H17NO2/c1-5-8(3)7-12-10(11(13)14)9(4)6-2/h7H,3,5-6H2,1-2,4H3,(H,13,14)/b10-9+,12-7-. The van der Waals surface area contributed by atoms with Crippen molar-refractivity contribution in [3.05, 3.63) is 23.4 Å². The Morgan fingerprint density at radius 2 is 2.00 bits per heavy atom. The number of carboxylic acids is 1. The summed E-state index contributed by atoms with van der Waals surface area (Å²) >= 11 is 0. The molecule has 3 nitrogen and oxygen atoms in total. The molecule has 78 valence electrons. The van der Waals surface area contributed by atoms with Gasteiger partial charge in [-0.2, -0.15) is 0 Å². The van der Waals surface area contributed by atoms with Crippen LogP contribution in [-0.4, -0.2) is 17.3 Å². The minimum Gasteiger partial charge on any atom is -0.477 e. The Kier molecular flexibility index (Phi) is 5.53. The van der Waals surface area contributed by atoms with Crippen molar-refractivity contribution in [2.75, 3.05) is 0 Å². The van der Waals surface area contributed by atoms with Crippen molar-refractivity contribution in [1.82, 2.24) is 0 Å². The fourth-order valence-corrected chi connectivity index (χ4v) is 0.763. The van der Waals surface area contributed by atoms with Gasteiger partial charge in [0.25, 0.3) is 0 Å². The molecular formula is C11H17NO2. The zero-order valence-corrected chi connectivity index (χ0v) is 9.00. The van der Waals surface area contributed by atoms with E-state index in [-0.39, 0.29) is 5.70 Å². The molecule has 0 heterocycles. The number of nitrogens with zero attached hydrogens (tertiary/aromatic N) is 1. The number of allylic oxidation sites excluding steroid dienone is 2. The summed E-state index contributed by atoms with van der Waals surface area (Å²) in [5.41, 5.74) is 1.73. The molecule has 0 spiro atoms. The average Bonchev–Trinajstić information content (AvgIpc) is 2.16. The molecule has 0 aromatic rings. The summed E-state index contributed by atoms with van der Waals surface area (Å²) in [4.78, 5) is 14.7. The van der Waals surface area contributed by atoms with Gasteiger partial charge in [0.05, 0.1) is 0 Å². The van der Waals surface area contributed by atoms with Gasteiger partial charge in [0, 0.05) is 6.21 Å². The Balaban J connectivity index is 4.81. The number of hydrogen-bond acceptors (Lipinski definition) is 2. The molecule has 0 rings (SSSR count). The van der Waals surface area contributed by atoms with Crippen LogP contribution in [-0.2, 0) is 4.79 Å². The largest absolute Gasteiger partial charge is 0.477 e. The van der Waals surface area contributed by atoms with Crippen molar-refractivity contribution in [2.24, 2.45) is 4.99 Å². The lowest BCUT2D eigenvalue weighted by Gasteiger charge is -2.00. The van der Waals surface area contributed by atoms with Crippen molar-refractivity contribution >= 4 is 12.2 Å². The van der Waals surface area contributed by atoms with Crippen LogP contribution in [0.25, 0.3) is 0 Å². The smallest absolute Gasteiger partial charge is 0.354 e. The molecule has 0 amide bonds. The predicted octanol–water partition coefficient (Wildman–Crippen LogP) is 2.79. The first-order valence-electron chi connectivity index (χ1n) is 4.67. The number of hydrogen-bond donors (Lipinski definition) is 1. The van der Waals surface area contributed by atoms with Crippen LogP contribution >= 0.6 is 0 Å². The lowest BCUT2D eigenvalue weighted by atomic mass is 10.2. The number of carboxylic acid groups (broad SMARTS) is 1. The third kappa shape index (κ3) is 4.03. The monoisotopic (exact) mass is 195 g/mol. The number of carbonyl (C=O) groups is 1. The van der Waals surface area contributed by atoms with Crippen molar-refractivity contribution in [3.63, 3.8) is 0 Å². The van der Waals surface area contributed by atoms with Gasteiger partial charge in [-0.25, -0.2) is 9.79 Å². The molecule has 0 radical (unpaired) electrons. The summed E-state index contributed by atoms with van der Waals surface area (Å²) in [6.07, 6.45) is 2.99. The summed E-state index contributed by atoms with van der Waals surface area (Å²) in [7, 11) is 0. The van der Waals surface area contributed by atoms with E-state index in [9.17, 15) is 4.79 Å². The highest BCUT2D eigenvalue weighted by atomic mass is 16.4. The fourth-order valence-electron chi connectivity index (χ4n) is 0.763. The van der Waals surface area contributed by atoms with E-state index in [1.54, 1.807) is 6.92 Å². The summed E-state index contributed by atoms with van der Waals surface area (Å²) in [6, 6.07) is 0. The van der Waals surface area contributed by atoms with Crippen LogP contribution < -0.4 is 0 Å². The third-order valence-electron chi connectivity index (χ3n) is 1.97. The first kappa shape index (κ1) is 12.6. The fraction of sp³-hybridized carbons (Fsp3) is 0.455. The second-order valence-corrected chi connectivity index (χ2v) is 3.06. The molecule has 3 heteroatoms. The molecular weight excluding hydrogens is 178 g/mol. The van der Waals surface area contributed by atoms with Crippen LogP contribution in [0.3, 0.4) is 0 Å². The number of rotatable bonds is 5. The SMILES string of the molecule is C=C(/C=N\C(C(=O)O)=C(/C)CC)CC. The van der Waals surface area contributed by atoms with E-state index in [0.29, 0.717) is 6.42 Å². The van der Waals surface area contributed by atoms with E-state index in [0.717, 1.165) is 17.6 Å². The molecule has 0 fully saturated rings. The third-order valence-corrected chi connectivity index (χ3v) is 1.97. The van der Waals surface area contributed by atoms with Gasteiger partial charge in [0.2, 0.25) is 0 Å². The van der Waals surface area contributed by atoms with Gasteiger partial charge in [-0.1, -0.05) is 20.4 Å². The maximum absolute atomic E-state index is 10.8. The summed E-state index contributed by atoms with van der Waals surface area (Å²) in [5.74, 6) is -0.982. The van der Waals surface area contributed by atoms with E-state index in [2.05, 4.69) is 11.6 Å². The zero-order valence-electron chi connectivity index (χ0n) is 9.00. The lowest BCUT2D eigenvalue weighted by molar-refractivity contribution is -0.132. The molecule has 14 heavy (non-hydrogen) atoms. The highest BCUT2D eigenvalue weighted by Crippen LogP contribution is 2.09. The van der Waals surface area contributed by atoms with Gasteiger partial charge >= 0.3 is 5.97 Å². The lowest BCUT2D eigenvalue weighted by Crippen LogP contribution is -2.01. The van der Waals surface area contributed by atoms with E-state index >= 15 is 0 Å². The van der Waals surface area contributed by atoms with Gasteiger partial charge < -0.3 is 5.11 Å². The maximum Gasteiger partial charge on any atom is 0.354 e. The van der Waals surface area contributed by atoms with Crippen LogP contribution in [0.5, 0.6) is 0 Å². The van der Waals surface area contributed by atoms with E-state index in [1.807, 2.05) is 13.8 Å². The van der Waals surface area contributed by atoms with Gasteiger partial charge in [0.1, 0.15) is 5.70 Å². The molecule has 0 aromatic carbocycles. The first-order valence-corrected chi connectivity index (χ1v) is 4.67. The minimum atomic E-state index is -0.982. The minimum absolute atomic E-state index is 0.127. The Labute approximate surface area is 84.9 Å². The molecule has 0 unspecified atom stereocenters. The first-order chi connectivity index (χ1) is 6.52. The second kappa shape index (κ2) is 6.13. The van der Waals surface area contributed by atoms with Gasteiger partial charge in [0.15, 0.2) is 0 Å². The van der Waals surface area contributed by atoms with Crippen molar-refractivity contribution < 1.29 is 9.90 Å². The quantitative estimate of drug-likeness (QED) is 0.541. The Hall–Kier alpha value is -1.38. The molecule has 0 atom stereocenters. The van der Waals surface area contributed by atoms with E-state index in [4.69, 9.17) is 5.11 Å².